The topological polar surface area (TPSA) is 127 Å². The molecule has 0 amide bonds. The standard InChI is InChI=1S/2C16H30O4/c2*1-14(2)10-6-4-3-5-9-13-20-16(19)12-8-7-11-15(17)18/h2*14H,3-13H2,1-2H3,(H,17,18). The van der Waals surface area contributed by atoms with Crippen molar-refractivity contribution in [1.82, 2.24) is 0 Å². The van der Waals surface area contributed by atoms with Gasteiger partial charge < -0.3 is 19.7 Å². The lowest BCUT2D eigenvalue weighted by Gasteiger charge is -2.06. The minimum Gasteiger partial charge on any atom is -0.481 e. The maximum atomic E-state index is 11.3. The first-order valence-electron chi connectivity index (χ1n) is 15.8. The average molecular weight is 573 g/mol. The van der Waals surface area contributed by atoms with Crippen molar-refractivity contribution in [2.75, 3.05) is 13.2 Å². The summed E-state index contributed by atoms with van der Waals surface area (Å²) in [7, 11) is 0. The third-order valence-corrected chi connectivity index (χ3v) is 6.42. The highest BCUT2D eigenvalue weighted by molar-refractivity contribution is 5.70. The molecule has 0 aliphatic carbocycles. The highest BCUT2D eigenvalue weighted by Gasteiger charge is 2.05. The molecule has 0 radical (unpaired) electrons. The Morgan fingerprint density at radius 1 is 0.450 bits per heavy atom. The van der Waals surface area contributed by atoms with E-state index in [1.54, 1.807) is 0 Å². The van der Waals surface area contributed by atoms with E-state index in [9.17, 15) is 19.2 Å². The van der Waals surface area contributed by atoms with Gasteiger partial charge >= 0.3 is 23.9 Å². The van der Waals surface area contributed by atoms with Crippen LogP contribution in [0.2, 0.25) is 0 Å². The molecule has 0 rings (SSSR count). The average Bonchev–Trinajstić information content (AvgIpc) is 2.87. The fraction of sp³-hybridized carbons (Fsp3) is 0.875. The van der Waals surface area contributed by atoms with Crippen LogP contribution in [-0.2, 0) is 28.7 Å². The number of ether oxygens (including phenoxy) is 2. The Morgan fingerprint density at radius 2 is 0.750 bits per heavy atom. The molecule has 0 aromatic rings. The largest absolute Gasteiger partial charge is 0.481 e. The van der Waals surface area contributed by atoms with Gasteiger partial charge in [0.2, 0.25) is 0 Å². The summed E-state index contributed by atoms with van der Waals surface area (Å²) in [6.07, 6.45) is 17.4. The molecule has 0 aliphatic heterocycles. The van der Waals surface area contributed by atoms with E-state index in [2.05, 4.69) is 27.7 Å². The number of unbranched alkanes of at least 4 members (excludes halogenated alkanes) is 10. The van der Waals surface area contributed by atoms with Crippen molar-refractivity contribution < 1.29 is 38.9 Å². The molecule has 0 saturated heterocycles. The summed E-state index contributed by atoms with van der Waals surface area (Å²) in [5, 5.41) is 16.9. The summed E-state index contributed by atoms with van der Waals surface area (Å²) in [5.41, 5.74) is 0. The number of rotatable bonds is 26. The van der Waals surface area contributed by atoms with Crippen molar-refractivity contribution in [3.8, 4) is 0 Å². The number of hydrogen-bond acceptors (Lipinski definition) is 6. The van der Waals surface area contributed by atoms with Crippen molar-refractivity contribution in [3.05, 3.63) is 0 Å². The van der Waals surface area contributed by atoms with Gasteiger partial charge in [-0.25, -0.2) is 0 Å². The monoisotopic (exact) mass is 572 g/mol. The second kappa shape index (κ2) is 29.9. The first kappa shape index (κ1) is 40.0. The molecule has 0 saturated carbocycles. The molecule has 0 aromatic heterocycles. The normalized spacial score (nSPS) is 10.8. The number of carboxylic acids is 2. The van der Waals surface area contributed by atoms with Crippen molar-refractivity contribution in [2.24, 2.45) is 11.8 Å². The first-order chi connectivity index (χ1) is 19.0. The number of aliphatic carboxylic acids is 2. The maximum Gasteiger partial charge on any atom is 0.305 e. The lowest BCUT2D eigenvalue weighted by molar-refractivity contribution is -0.145. The third-order valence-electron chi connectivity index (χ3n) is 6.42. The quantitative estimate of drug-likeness (QED) is 0.0782. The van der Waals surface area contributed by atoms with E-state index in [0.29, 0.717) is 51.7 Å². The summed E-state index contributed by atoms with van der Waals surface area (Å²) in [6, 6.07) is 0. The van der Waals surface area contributed by atoms with E-state index in [0.717, 1.165) is 37.5 Å². The Balaban J connectivity index is 0. The second-order valence-electron chi connectivity index (χ2n) is 11.5. The predicted molar refractivity (Wildman–Crippen MR) is 159 cm³/mol. The van der Waals surface area contributed by atoms with Crippen LogP contribution in [-0.4, -0.2) is 47.3 Å². The van der Waals surface area contributed by atoms with Gasteiger partial charge in [-0.05, 0) is 50.4 Å². The lowest BCUT2D eigenvalue weighted by atomic mass is 10.0. The number of hydrogen-bond donors (Lipinski definition) is 2. The zero-order valence-corrected chi connectivity index (χ0v) is 26.1. The molecule has 0 fully saturated rings. The molecule has 2 N–H and O–H groups in total. The Morgan fingerprint density at radius 3 is 1.07 bits per heavy atom. The van der Waals surface area contributed by atoms with Crippen LogP contribution < -0.4 is 0 Å². The highest BCUT2D eigenvalue weighted by atomic mass is 16.5. The molecular formula is C32H60O8. The minimum atomic E-state index is -0.809. The Bertz CT molecular complexity index is 576. The van der Waals surface area contributed by atoms with Crippen molar-refractivity contribution in [3.63, 3.8) is 0 Å². The maximum absolute atomic E-state index is 11.3. The van der Waals surface area contributed by atoms with Crippen LogP contribution in [0.15, 0.2) is 0 Å². The van der Waals surface area contributed by atoms with E-state index >= 15 is 0 Å². The molecule has 0 atom stereocenters. The van der Waals surface area contributed by atoms with Gasteiger partial charge in [0.1, 0.15) is 0 Å². The van der Waals surface area contributed by atoms with Gasteiger partial charge in [-0.1, -0.05) is 91.9 Å². The molecule has 0 unspecified atom stereocenters. The molecule has 0 bridgehead atoms. The molecule has 0 spiro atoms. The summed E-state index contributed by atoms with van der Waals surface area (Å²) in [6.45, 7) is 9.99. The molecule has 236 valence electrons. The van der Waals surface area contributed by atoms with Crippen LogP contribution in [0.5, 0.6) is 0 Å². The zero-order chi connectivity index (χ0) is 30.4. The Labute approximate surface area is 244 Å². The smallest absolute Gasteiger partial charge is 0.305 e. The van der Waals surface area contributed by atoms with E-state index in [1.807, 2.05) is 0 Å². The number of carboxylic acid groups (broad SMARTS) is 2. The van der Waals surface area contributed by atoms with Gasteiger partial charge in [-0.15, -0.1) is 0 Å². The van der Waals surface area contributed by atoms with Crippen LogP contribution in [0, 0.1) is 11.8 Å². The summed E-state index contributed by atoms with van der Waals surface area (Å²) in [5.74, 6) is -0.439. The molecular weight excluding hydrogens is 512 g/mol. The Hall–Kier alpha value is -2.12. The number of carbonyl (C=O) groups is 4. The molecule has 0 aliphatic rings. The summed E-state index contributed by atoms with van der Waals surface area (Å²) in [4.78, 5) is 43.2. The third kappa shape index (κ3) is 38.0. The van der Waals surface area contributed by atoms with Crippen LogP contribution >= 0.6 is 0 Å². The Kier molecular flexibility index (Phi) is 29.9. The van der Waals surface area contributed by atoms with E-state index in [-0.39, 0.29) is 24.8 Å². The van der Waals surface area contributed by atoms with Crippen LogP contribution in [0.3, 0.4) is 0 Å². The van der Waals surface area contributed by atoms with E-state index in [4.69, 9.17) is 19.7 Å². The van der Waals surface area contributed by atoms with Crippen molar-refractivity contribution >= 4 is 23.9 Å². The zero-order valence-electron chi connectivity index (χ0n) is 26.1. The SMILES string of the molecule is CC(C)CCCCCCCOC(=O)CCCCC(=O)O.CC(C)CCCCCCCOC(=O)CCCCC(=O)O. The minimum absolute atomic E-state index is 0.129. The molecule has 0 heterocycles. The van der Waals surface area contributed by atoms with Gasteiger partial charge in [0, 0.05) is 25.7 Å². The van der Waals surface area contributed by atoms with Crippen LogP contribution in [0.25, 0.3) is 0 Å². The summed E-state index contributed by atoms with van der Waals surface area (Å²) < 4.78 is 10.2. The first-order valence-corrected chi connectivity index (χ1v) is 15.8. The van der Waals surface area contributed by atoms with Gasteiger partial charge in [0.25, 0.3) is 0 Å². The molecule has 0 aromatic carbocycles. The summed E-state index contributed by atoms with van der Waals surface area (Å²) >= 11 is 0. The molecule has 8 heteroatoms. The highest BCUT2D eigenvalue weighted by Crippen LogP contribution is 2.12. The van der Waals surface area contributed by atoms with Gasteiger partial charge in [-0.3, -0.25) is 19.2 Å². The van der Waals surface area contributed by atoms with Crippen LogP contribution in [0.4, 0.5) is 0 Å². The molecule has 8 nitrogen and oxygen atoms in total. The van der Waals surface area contributed by atoms with Gasteiger partial charge in [-0.2, -0.15) is 0 Å². The fourth-order valence-corrected chi connectivity index (χ4v) is 3.98. The van der Waals surface area contributed by atoms with E-state index < -0.39 is 11.9 Å². The van der Waals surface area contributed by atoms with Gasteiger partial charge in [0.05, 0.1) is 13.2 Å². The number of esters is 2. The van der Waals surface area contributed by atoms with E-state index in [1.165, 1.54) is 51.4 Å². The van der Waals surface area contributed by atoms with Crippen molar-refractivity contribution in [1.29, 1.82) is 0 Å². The second-order valence-corrected chi connectivity index (χ2v) is 11.5. The number of carbonyl (C=O) groups excluding carboxylic acids is 2. The molecule has 40 heavy (non-hydrogen) atoms. The fourth-order valence-electron chi connectivity index (χ4n) is 3.98. The van der Waals surface area contributed by atoms with Gasteiger partial charge in [0.15, 0.2) is 0 Å². The van der Waals surface area contributed by atoms with Crippen LogP contribution in [0.1, 0.15) is 156 Å². The predicted octanol–water partition coefficient (Wildman–Crippen LogP) is 8.34. The lowest BCUT2D eigenvalue weighted by Crippen LogP contribution is -2.06. The van der Waals surface area contributed by atoms with Crippen molar-refractivity contribution in [2.45, 2.75) is 156 Å².